The van der Waals surface area contributed by atoms with Crippen molar-refractivity contribution in [3.63, 3.8) is 0 Å². The summed E-state index contributed by atoms with van der Waals surface area (Å²) >= 11 is 0. The molecule has 19 heavy (non-hydrogen) atoms. The van der Waals surface area contributed by atoms with Gasteiger partial charge >= 0.3 is 0 Å². The maximum Gasteiger partial charge on any atom is 0.169 e. The molecule has 0 amide bonds. The third-order valence-electron chi connectivity index (χ3n) is 3.38. The Balaban J connectivity index is 2.14. The summed E-state index contributed by atoms with van der Waals surface area (Å²) in [6.45, 7) is 8.90. The number of para-hydroxylation sites is 1. The molecule has 1 aliphatic rings. The Morgan fingerprint density at radius 2 is 1.95 bits per heavy atom. The fourth-order valence-corrected chi connectivity index (χ4v) is 2.30. The van der Waals surface area contributed by atoms with Crippen LogP contribution in [0.3, 0.4) is 0 Å². The summed E-state index contributed by atoms with van der Waals surface area (Å²) in [5.74, 6) is 0.997. The molecule has 0 heterocycles. The number of hydrogen-bond acceptors (Lipinski definition) is 3. The van der Waals surface area contributed by atoms with Crippen LogP contribution in [0.25, 0.3) is 0 Å². The largest absolute Gasteiger partial charge is 0.486 e. The van der Waals surface area contributed by atoms with Gasteiger partial charge in [0.05, 0.1) is 0 Å². The molecule has 3 heteroatoms. The van der Waals surface area contributed by atoms with Gasteiger partial charge in [-0.2, -0.15) is 0 Å². The van der Waals surface area contributed by atoms with Crippen molar-refractivity contribution < 1.29 is 14.3 Å². The lowest BCUT2D eigenvalue weighted by atomic mass is 9.85. The highest BCUT2D eigenvalue weighted by atomic mass is 16.5. The Kier molecular flexibility index (Phi) is 3.95. The minimum Gasteiger partial charge on any atom is -0.486 e. The molecule has 2 unspecified atom stereocenters. The Labute approximate surface area is 114 Å². The number of rotatable bonds is 4. The SMILES string of the molecule is CCOC1C(=O)CC1Oc1ccccc1C(C)(C)C. The Morgan fingerprint density at radius 3 is 2.53 bits per heavy atom. The highest BCUT2D eigenvalue weighted by Crippen LogP contribution is 2.34. The zero-order chi connectivity index (χ0) is 14.0. The monoisotopic (exact) mass is 262 g/mol. The molecule has 0 aliphatic heterocycles. The third kappa shape index (κ3) is 2.98. The van der Waals surface area contributed by atoms with Crippen LogP contribution in [0.5, 0.6) is 5.75 Å². The first kappa shape index (κ1) is 14.1. The molecule has 3 nitrogen and oxygen atoms in total. The molecule has 0 radical (unpaired) electrons. The van der Waals surface area contributed by atoms with Crippen LogP contribution in [0.2, 0.25) is 0 Å². The molecule has 104 valence electrons. The average molecular weight is 262 g/mol. The predicted octanol–water partition coefficient (Wildman–Crippen LogP) is 3.11. The van der Waals surface area contributed by atoms with E-state index in [1.807, 2.05) is 25.1 Å². The topological polar surface area (TPSA) is 35.5 Å². The van der Waals surface area contributed by atoms with Crippen molar-refractivity contribution in [2.75, 3.05) is 6.61 Å². The van der Waals surface area contributed by atoms with Crippen molar-refractivity contribution in [1.29, 1.82) is 0 Å². The lowest BCUT2D eigenvalue weighted by molar-refractivity contribution is -0.154. The summed E-state index contributed by atoms with van der Waals surface area (Å²) < 4.78 is 11.4. The molecular weight excluding hydrogens is 240 g/mol. The molecule has 2 atom stereocenters. The number of carbonyl (C=O) groups is 1. The van der Waals surface area contributed by atoms with Gasteiger partial charge in [-0.25, -0.2) is 0 Å². The van der Waals surface area contributed by atoms with Gasteiger partial charge in [0.25, 0.3) is 0 Å². The summed E-state index contributed by atoms with van der Waals surface area (Å²) in [5, 5.41) is 0. The van der Waals surface area contributed by atoms with Gasteiger partial charge in [0.2, 0.25) is 0 Å². The summed E-state index contributed by atoms with van der Waals surface area (Å²) in [4.78, 5) is 11.5. The number of hydrogen-bond donors (Lipinski definition) is 0. The van der Waals surface area contributed by atoms with E-state index in [1.165, 1.54) is 0 Å². The molecule has 1 saturated carbocycles. The number of carbonyl (C=O) groups excluding carboxylic acids is 1. The zero-order valence-electron chi connectivity index (χ0n) is 12.1. The zero-order valence-corrected chi connectivity index (χ0v) is 12.1. The molecule has 1 fully saturated rings. The van der Waals surface area contributed by atoms with Crippen molar-refractivity contribution in [1.82, 2.24) is 0 Å². The van der Waals surface area contributed by atoms with E-state index in [0.717, 1.165) is 11.3 Å². The highest BCUT2D eigenvalue weighted by Gasteiger charge is 2.42. The number of ether oxygens (including phenoxy) is 2. The van der Waals surface area contributed by atoms with Crippen LogP contribution in [0, 0.1) is 0 Å². The fraction of sp³-hybridized carbons (Fsp3) is 0.562. The Bertz CT molecular complexity index is 459. The molecule has 1 aromatic rings. The average Bonchev–Trinajstić information content (AvgIpc) is 2.35. The fourth-order valence-electron chi connectivity index (χ4n) is 2.30. The first-order valence-corrected chi connectivity index (χ1v) is 6.84. The van der Waals surface area contributed by atoms with E-state index in [1.54, 1.807) is 0 Å². The quantitative estimate of drug-likeness (QED) is 0.836. The van der Waals surface area contributed by atoms with Gasteiger partial charge in [0.1, 0.15) is 11.9 Å². The molecule has 0 aromatic heterocycles. The second kappa shape index (κ2) is 5.33. The molecule has 1 aromatic carbocycles. The van der Waals surface area contributed by atoms with E-state index in [0.29, 0.717) is 13.0 Å². The van der Waals surface area contributed by atoms with Crippen LogP contribution in [0.1, 0.15) is 39.7 Å². The first-order chi connectivity index (χ1) is 8.93. The Morgan fingerprint density at radius 1 is 1.26 bits per heavy atom. The smallest absolute Gasteiger partial charge is 0.169 e. The van der Waals surface area contributed by atoms with Gasteiger partial charge in [-0.15, -0.1) is 0 Å². The van der Waals surface area contributed by atoms with Crippen molar-refractivity contribution in [3.8, 4) is 5.75 Å². The van der Waals surface area contributed by atoms with E-state index in [-0.39, 0.29) is 17.3 Å². The van der Waals surface area contributed by atoms with Gasteiger partial charge in [0, 0.05) is 13.0 Å². The van der Waals surface area contributed by atoms with Crippen LogP contribution in [0.15, 0.2) is 24.3 Å². The van der Waals surface area contributed by atoms with E-state index in [2.05, 4.69) is 26.8 Å². The van der Waals surface area contributed by atoms with Crippen LogP contribution in [0.4, 0.5) is 0 Å². The lowest BCUT2D eigenvalue weighted by Crippen LogP contribution is -2.52. The normalized spacial score (nSPS) is 23.1. The Hall–Kier alpha value is -1.35. The minimum absolute atomic E-state index is 0.0193. The predicted molar refractivity (Wildman–Crippen MR) is 74.6 cm³/mol. The van der Waals surface area contributed by atoms with Crippen molar-refractivity contribution >= 4 is 5.78 Å². The molecule has 0 N–H and O–H groups in total. The standard InChI is InChI=1S/C16H22O3/c1-5-18-15-12(17)10-14(15)19-13-9-7-6-8-11(13)16(2,3)4/h6-9,14-15H,5,10H2,1-4H3. The summed E-state index contributed by atoms with van der Waals surface area (Å²) in [7, 11) is 0. The van der Waals surface area contributed by atoms with E-state index in [4.69, 9.17) is 9.47 Å². The molecule has 0 saturated heterocycles. The third-order valence-corrected chi connectivity index (χ3v) is 3.38. The number of ketones is 1. The van der Waals surface area contributed by atoms with Crippen LogP contribution < -0.4 is 4.74 Å². The first-order valence-electron chi connectivity index (χ1n) is 6.84. The summed E-state index contributed by atoms with van der Waals surface area (Å²) in [6.07, 6.45) is -0.0858. The van der Waals surface area contributed by atoms with Crippen LogP contribution >= 0.6 is 0 Å². The summed E-state index contributed by atoms with van der Waals surface area (Å²) in [5.41, 5.74) is 1.18. The van der Waals surface area contributed by atoms with Gasteiger partial charge in [-0.05, 0) is 24.0 Å². The molecule has 0 spiro atoms. The van der Waals surface area contributed by atoms with Gasteiger partial charge in [0.15, 0.2) is 11.9 Å². The summed E-state index contributed by atoms with van der Waals surface area (Å²) in [6, 6.07) is 8.01. The van der Waals surface area contributed by atoms with Gasteiger partial charge in [-0.3, -0.25) is 4.79 Å². The maximum atomic E-state index is 11.5. The lowest BCUT2D eigenvalue weighted by Gasteiger charge is -2.35. The second-order valence-corrected chi connectivity index (χ2v) is 5.95. The van der Waals surface area contributed by atoms with Crippen LogP contribution in [-0.4, -0.2) is 24.6 Å². The maximum absolute atomic E-state index is 11.5. The number of Topliss-reactive ketones (excluding diaryl/α,β-unsaturated/α-hetero) is 1. The van der Waals surface area contributed by atoms with Crippen molar-refractivity contribution in [3.05, 3.63) is 29.8 Å². The van der Waals surface area contributed by atoms with Crippen molar-refractivity contribution in [2.24, 2.45) is 0 Å². The number of benzene rings is 1. The van der Waals surface area contributed by atoms with Crippen LogP contribution in [-0.2, 0) is 14.9 Å². The second-order valence-electron chi connectivity index (χ2n) is 5.95. The molecule has 0 bridgehead atoms. The highest BCUT2D eigenvalue weighted by molar-refractivity contribution is 5.90. The molecular formula is C16H22O3. The van der Waals surface area contributed by atoms with Gasteiger partial charge in [-0.1, -0.05) is 39.0 Å². The van der Waals surface area contributed by atoms with Gasteiger partial charge < -0.3 is 9.47 Å². The van der Waals surface area contributed by atoms with E-state index >= 15 is 0 Å². The van der Waals surface area contributed by atoms with E-state index in [9.17, 15) is 4.79 Å². The van der Waals surface area contributed by atoms with E-state index < -0.39 is 6.10 Å². The minimum atomic E-state index is -0.391. The van der Waals surface area contributed by atoms with Crippen molar-refractivity contribution in [2.45, 2.75) is 51.7 Å². The molecule has 1 aliphatic carbocycles. The molecule has 2 rings (SSSR count).